The number of carbonyl (C=O) groups is 2. The number of nitrogens with one attached hydrogen (secondary N) is 1. The first-order chi connectivity index (χ1) is 7.59. The van der Waals surface area contributed by atoms with Gasteiger partial charge in [-0.15, -0.1) is 0 Å². The molecule has 0 bridgehead atoms. The maximum atomic E-state index is 10.7. The predicted molar refractivity (Wildman–Crippen MR) is 58.8 cm³/mol. The van der Waals surface area contributed by atoms with Crippen molar-refractivity contribution in [2.75, 3.05) is 11.9 Å². The molecular formula is C11H13NO4. The highest BCUT2D eigenvalue weighted by atomic mass is 16.4. The normalized spacial score (nSPS) is 9.75. The van der Waals surface area contributed by atoms with Gasteiger partial charge in [-0.2, -0.15) is 0 Å². The van der Waals surface area contributed by atoms with Gasteiger partial charge in [-0.3, -0.25) is 4.79 Å². The van der Waals surface area contributed by atoms with Gasteiger partial charge in [0.25, 0.3) is 0 Å². The van der Waals surface area contributed by atoms with Crippen LogP contribution in [0, 0.1) is 0 Å². The summed E-state index contributed by atoms with van der Waals surface area (Å²) >= 11 is 0. The minimum absolute atomic E-state index is 0.103. The Morgan fingerprint density at radius 2 is 2.00 bits per heavy atom. The second-order valence-electron chi connectivity index (χ2n) is 3.31. The number of hydrogen-bond donors (Lipinski definition) is 3. The number of rotatable bonds is 6. The molecule has 0 aliphatic heterocycles. The minimum Gasteiger partial charge on any atom is -0.481 e. The summed E-state index contributed by atoms with van der Waals surface area (Å²) in [6.07, 6.45) is 0.609. The van der Waals surface area contributed by atoms with E-state index in [0.29, 0.717) is 18.7 Å². The number of anilines is 1. The average Bonchev–Trinajstić information content (AvgIpc) is 2.24. The van der Waals surface area contributed by atoms with Crippen molar-refractivity contribution >= 4 is 17.6 Å². The van der Waals surface area contributed by atoms with Gasteiger partial charge in [0.1, 0.15) is 0 Å². The van der Waals surface area contributed by atoms with Crippen molar-refractivity contribution in [1.82, 2.24) is 0 Å². The van der Waals surface area contributed by atoms with Crippen LogP contribution in [0.4, 0.5) is 5.69 Å². The summed E-state index contributed by atoms with van der Waals surface area (Å²) in [5, 5.41) is 20.1. The van der Waals surface area contributed by atoms with Crippen molar-refractivity contribution < 1.29 is 19.8 Å². The highest BCUT2D eigenvalue weighted by Gasteiger charge is 2.02. The average molecular weight is 223 g/mol. The van der Waals surface area contributed by atoms with Crippen LogP contribution < -0.4 is 5.32 Å². The van der Waals surface area contributed by atoms with E-state index >= 15 is 0 Å². The van der Waals surface area contributed by atoms with E-state index in [1.807, 2.05) is 0 Å². The molecule has 0 spiro atoms. The topological polar surface area (TPSA) is 86.6 Å². The molecule has 0 aliphatic carbocycles. The molecule has 0 heterocycles. The monoisotopic (exact) mass is 223 g/mol. The van der Waals surface area contributed by atoms with Crippen LogP contribution in [0.2, 0.25) is 0 Å². The third-order valence-corrected chi connectivity index (χ3v) is 2.01. The van der Waals surface area contributed by atoms with E-state index in [2.05, 4.69) is 5.32 Å². The SMILES string of the molecule is O=C(O)CCCNc1cccc(C(=O)O)c1. The fourth-order valence-corrected chi connectivity index (χ4v) is 1.23. The van der Waals surface area contributed by atoms with E-state index in [1.165, 1.54) is 12.1 Å². The zero-order valence-electron chi connectivity index (χ0n) is 8.64. The van der Waals surface area contributed by atoms with Gasteiger partial charge in [0.05, 0.1) is 5.56 Å². The fraction of sp³-hybridized carbons (Fsp3) is 0.273. The second-order valence-corrected chi connectivity index (χ2v) is 3.31. The van der Waals surface area contributed by atoms with Gasteiger partial charge < -0.3 is 15.5 Å². The van der Waals surface area contributed by atoms with Crippen LogP contribution in [-0.2, 0) is 4.79 Å². The summed E-state index contributed by atoms with van der Waals surface area (Å²) in [4.78, 5) is 20.9. The lowest BCUT2D eigenvalue weighted by Gasteiger charge is -2.05. The fourth-order valence-electron chi connectivity index (χ4n) is 1.23. The quantitative estimate of drug-likeness (QED) is 0.638. The van der Waals surface area contributed by atoms with Crippen LogP contribution >= 0.6 is 0 Å². The number of carboxylic acid groups (broad SMARTS) is 2. The second kappa shape index (κ2) is 5.75. The first-order valence-corrected chi connectivity index (χ1v) is 4.88. The van der Waals surface area contributed by atoms with Gasteiger partial charge in [0, 0.05) is 18.7 Å². The molecule has 1 aromatic carbocycles. The van der Waals surface area contributed by atoms with E-state index in [1.54, 1.807) is 12.1 Å². The van der Waals surface area contributed by atoms with Crippen LogP contribution in [0.3, 0.4) is 0 Å². The van der Waals surface area contributed by atoms with Crippen molar-refractivity contribution in [3.63, 3.8) is 0 Å². The molecule has 1 aromatic rings. The predicted octanol–water partition coefficient (Wildman–Crippen LogP) is 1.66. The smallest absolute Gasteiger partial charge is 0.335 e. The summed E-state index contributed by atoms with van der Waals surface area (Å²) < 4.78 is 0. The van der Waals surface area contributed by atoms with Crippen LogP contribution in [0.25, 0.3) is 0 Å². The molecule has 1 rings (SSSR count). The zero-order chi connectivity index (χ0) is 12.0. The highest BCUT2D eigenvalue weighted by molar-refractivity contribution is 5.88. The summed E-state index contributed by atoms with van der Waals surface area (Å²) in [7, 11) is 0. The Kier molecular flexibility index (Phi) is 4.32. The van der Waals surface area contributed by atoms with Crippen LogP contribution in [0.1, 0.15) is 23.2 Å². The van der Waals surface area contributed by atoms with Crippen molar-refractivity contribution in [3.05, 3.63) is 29.8 Å². The third-order valence-electron chi connectivity index (χ3n) is 2.01. The van der Waals surface area contributed by atoms with Gasteiger partial charge in [0.2, 0.25) is 0 Å². The first-order valence-electron chi connectivity index (χ1n) is 4.88. The molecular weight excluding hydrogens is 210 g/mol. The summed E-state index contributed by atoms with van der Waals surface area (Å²) in [5.74, 6) is -1.81. The lowest BCUT2D eigenvalue weighted by molar-refractivity contribution is -0.137. The maximum absolute atomic E-state index is 10.7. The Bertz CT molecular complexity index is 389. The molecule has 86 valence electrons. The third kappa shape index (κ3) is 4.00. The summed E-state index contributed by atoms with van der Waals surface area (Å²) in [5.41, 5.74) is 0.897. The number of aliphatic carboxylic acids is 1. The summed E-state index contributed by atoms with van der Waals surface area (Å²) in [6, 6.07) is 6.41. The first kappa shape index (κ1) is 12.0. The van der Waals surface area contributed by atoms with Gasteiger partial charge >= 0.3 is 11.9 Å². The lowest BCUT2D eigenvalue weighted by Crippen LogP contribution is -2.05. The van der Waals surface area contributed by atoms with Gasteiger partial charge in [-0.25, -0.2) is 4.79 Å². The van der Waals surface area contributed by atoms with Crippen molar-refractivity contribution in [2.45, 2.75) is 12.8 Å². The van der Waals surface area contributed by atoms with Crippen molar-refractivity contribution in [2.24, 2.45) is 0 Å². The molecule has 0 aliphatic rings. The molecule has 16 heavy (non-hydrogen) atoms. The Labute approximate surface area is 92.7 Å². The molecule has 0 aromatic heterocycles. The molecule has 0 saturated heterocycles. The highest BCUT2D eigenvalue weighted by Crippen LogP contribution is 2.10. The molecule has 0 amide bonds. The molecule has 0 fully saturated rings. The van der Waals surface area contributed by atoms with Crippen LogP contribution in [0.5, 0.6) is 0 Å². The van der Waals surface area contributed by atoms with Crippen molar-refractivity contribution in [3.8, 4) is 0 Å². The Morgan fingerprint density at radius 3 is 2.62 bits per heavy atom. The Hall–Kier alpha value is -2.04. The largest absolute Gasteiger partial charge is 0.481 e. The van der Waals surface area contributed by atoms with E-state index in [4.69, 9.17) is 10.2 Å². The Balaban J connectivity index is 2.45. The number of hydrogen-bond acceptors (Lipinski definition) is 3. The number of aromatic carboxylic acids is 1. The molecule has 0 radical (unpaired) electrons. The molecule has 3 N–H and O–H groups in total. The Morgan fingerprint density at radius 1 is 1.25 bits per heavy atom. The lowest BCUT2D eigenvalue weighted by atomic mass is 10.2. The summed E-state index contributed by atoms with van der Waals surface area (Å²) in [6.45, 7) is 0.509. The number of carboxylic acids is 2. The number of benzene rings is 1. The van der Waals surface area contributed by atoms with Crippen molar-refractivity contribution in [1.29, 1.82) is 0 Å². The van der Waals surface area contributed by atoms with E-state index in [-0.39, 0.29) is 12.0 Å². The van der Waals surface area contributed by atoms with E-state index in [0.717, 1.165) is 0 Å². The van der Waals surface area contributed by atoms with E-state index < -0.39 is 11.9 Å². The maximum Gasteiger partial charge on any atom is 0.335 e. The molecule has 0 unspecified atom stereocenters. The molecule has 0 atom stereocenters. The zero-order valence-corrected chi connectivity index (χ0v) is 8.64. The van der Waals surface area contributed by atoms with Gasteiger partial charge in [0.15, 0.2) is 0 Å². The van der Waals surface area contributed by atoms with Crippen LogP contribution in [-0.4, -0.2) is 28.7 Å². The van der Waals surface area contributed by atoms with E-state index in [9.17, 15) is 9.59 Å². The molecule has 0 saturated carbocycles. The van der Waals surface area contributed by atoms with Gasteiger partial charge in [-0.1, -0.05) is 6.07 Å². The molecule has 5 heteroatoms. The van der Waals surface area contributed by atoms with Gasteiger partial charge in [-0.05, 0) is 24.6 Å². The minimum atomic E-state index is -0.978. The molecule has 5 nitrogen and oxygen atoms in total. The standard InChI is InChI=1S/C11H13NO4/c13-10(14)5-2-6-12-9-4-1-3-8(7-9)11(15)16/h1,3-4,7,12H,2,5-6H2,(H,13,14)(H,15,16). The van der Waals surface area contributed by atoms with Crippen LogP contribution in [0.15, 0.2) is 24.3 Å².